The highest BCUT2D eigenvalue weighted by molar-refractivity contribution is 6.59. The fourth-order valence-corrected chi connectivity index (χ4v) is 4.05. The fraction of sp³-hybridized carbons (Fsp3) is 0. The minimum Gasteiger partial charge on any atom is -0.423 e. The van der Waals surface area contributed by atoms with Crippen molar-refractivity contribution in [3.63, 3.8) is 0 Å². The molecule has 0 heterocycles. The van der Waals surface area contributed by atoms with Gasteiger partial charge in [0, 0.05) is 24.3 Å². The molecule has 10 nitrogen and oxygen atoms in total. The molecule has 188 valence electrons. The number of rotatable bonds is 8. The topological polar surface area (TPSA) is 167 Å². The minimum atomic E-state index is -1.68. The summed E-state index contributed by atoms with van der Waals surface area (Å²) in [5, 5.41) is 60.7. The van der Waals surface area contributed by atoms with Crippen molar-refractivity contribution in [2.24, 2.45) is 0 Å². The molecule has 38 heavy (non-hydrogen) atoms. The second-order valence-electron chi connectivity index (χ2n) is 8.35. The normalized spacial score (nSPS) is 10.5. The van der Waals surface area contributed by atoms with Crippen molar-refractivity contribution in [3.05, 3.63) is 140 Å². The first-order valence-corrected chi connectivity index (χ1v) is 11.3. The summed E-state index contributed by atoms with van der Waals surface area (Å²) in [6.07, 6.45) is 0. The zero-order valence-electron chi connectivity index (χ0n) is 19.7. The molecule has 4 rings (SSSR count). The lowest BCUT2D eigenvalue weighted by atomic mass is 9.77. The van der Waals surface area contributed by atoms with Crippen molar-refractivity contribution < 1.29 is 29.9 Å². The number of non-ortho nitro benzene ring substituents is 2. The van der Waals surface area contributed by atoms with Crippen LogP contribution >= 0.6 is 0 Å². The summed E-state index contributed by atoms with van der Waals surface area (Å²) >= 11 is 0. The number of nitro benzene ring substituents is 2. The van der Waals surface area contributed by atoms with E-state index >= 15 is 0 Å². The zero-order chi connectivity index (χ0) is 27.4. The molecule has 4 aromatic rings. The van der Waals surface area contributed by atoms with Crippen molar-refractivity contribution in [1.82, 2.24) is 0 Å². The van der Waals surface area contributed by atoms with E-state index in [9.17, 15) is 40.3 Å². The van der Waals surface area contributed by atoms with Crippen LogP contribution in [0.5, 0.6) is 0 Å². The van der Waals surface area contributed by atoms with Crippen LogP contribution in [-0.2, 0) is 0 Å². The summed E-state index contributed by atoms with van der Waals surface area (Å²) in [4.78, 5) is 21.5. The molecule has 0 atom stereocenters. The maximum absolute atomic E-state index is 11.3. The van der Waals surface area contributed by atoms with E-state index in [2.05, 4.69) is 0 Å². The van der Waals surface area contributed by atoms with Crippen LogP contribution in [0.4, 0.5) is 11.4 Å². The maximum atomic E-state index is 11.3. The van der Waals surface area contributed by atoms with Gasteiger partial charge < -0.3 is 20.1 Å². The first-order valence-electron chi connectivity index (χ1n) is 11.3. The quantitative estimate of drug-likeness (QED) is 0.121. The molecule has 0 amide bonds. The number of hydrogen-bond acceptors (Lipinski definition) is 8. The van der Waals surface area contributed by atoms with Gasteiger partial charge in [-0.1, -0.05) is 48.5 Å². The molecule has 0 saturated heterocycles. The summed E-state index contributed by atoms with van der Waals surface area (Å²) < 4.78 is 0. The van der Waals surface area contributed by atoms with Gasteiger partial charge in [-0.2, -0.15) is 0 Å². The van der Waals surface area contributed by atoms with Crippen LogP contribution in [0.3, 0.4) is 0 Å². The van der Waals surface area contributed by atoms with Gasteiger partial charge in [-0.05, 0) is 68.6 Å². The molecular weight excluding hydrogens is 490 g/mol. The molecule has 0 aliphatic heterocycles. The molecule has 0 aliphatic carbocycles. The lowest BCUT2D eigenvalue weighted by molar-refractivity contribution is -0.385. The third-order valence-corrected chi connectivity index (χ3v) is 5.98. The Balaban J connectivity index is 2.04. The Morgan fingerprint density at radius 3 is 0.921 bits per heavy atom. The van der Waals surface area contributed by atoms with E-state index in [1.54, 1.807) is 48.5 Å². The SMILES string of the molecule is O=[N+]([O-])c1ccc(C(=C(c2ccc(B(O)O)cc2)c2ccc(B(O)O)cc2)c2ccc([N+](=O)[O-])cc2)cc1. The maximum Gasteiger partial charge on any atom is 0.488 e. The first-order chi connectivity index (χ1) is 18.2. The highest BCUT2D eigenvalue weighted by atomic mass is 16.6. The van der Waals surface area contributed by atoms with Crippen LogP contribution in [0.1, 0.15) is 22.3 Å². The first kappa shape index (κ1) is 26.5. The van der Waals surface area contributed by atoms with E-state index in [4.69, 9.17) is 0 Å². The molecule has 0 radical (unpaired) electrons. The Bertz CT molecular complexity index is 1370. The largest absolute Gasteiger partial charge is 0.488 e. The fourth-order valence-electron chi connectivity index (χ4n) is 4.05. The lowest BCUT2D eigenvalue weighted by Gasteiger charge is -2.18. The highest BCUT2D eigenvalue weighted by Crippen LogP contribution is 2.37. The predicted molar refractivity (Wildman–Crippen MR) is 144 cm³/mol. The number of nitrogens with zero attached hydrogens (tertiary/aromatic N) is 2. The van der Waals surface area contributed by atoms with E-state index in [0.29, 0.717) is 33.4 Å². The van der Waals surface area contributed by atoms with Crippen LogP contribution in [0.15, 0.2) is 97.1 Å². The molecule has 0 bridgehead atoms. The number of benzene rings is 4. The van der Waals surface area contributed by atoms with Gasteiger partial charge in [-0.15, -0.1) is 0 Å². The highest BCUT2D eigenvalue weighted by Gasteiger charge is 2.20. The Hall–Kier alpha value is -4.61. The van der Waals surface area contributed by atoms with Gasteiger partial charge in [-0.25, -0.2) is 0 Å². The molecule has 0 unspecified atom stereocenters. The van der Waals surface area contributed by atoms with Crippen LogP contribution in [0.25, 0.3) is 11.1 Å². The number of nitro groups is 2. The Morgan fingerprint density at radius 1 is 0.474 bits per heavy atom. The Labute approximate surface area is 217 Å². The third kappa shape index (κ3) is 5.69. The van der Waals surface area contributed by atoms with E-state index in [1.165, 1.54) is 48.5 Å². The second-order valence-corrected chi connectivity index (χ2v) is 8.35. The third-order valence-electron chi connectivity index (χ3n) is 5.98. The number of hydrogen-bond donors (Lipinski definition) is 4. The predicted octanol–water partition coefficient (Wildman–Crippen LogP) is 1.87. The van der Waals surface area contributed by atoms with Crippen molar-refractivity contribution >= 4 is 47.7 Å². The lowest BCUT2D eigenvalue weighted by Crippen LogP contribution is -2.29. The van der Waals surface area contributed by atoms with Crippen LogP contribution in [0.2, 0.25) is 0 Å². The van der Waals surface area contributed by atoms with Gasteiger partial charge in [0.05, 0.1) is 9.85 Å². The molecule has 12 heteroatoms. The smallest absolute Gasteiger partial charge is 0.423 e. The van der Waals surface area contributed by atoms with Crippen molar-refractivity contribution in [1.29, 1.82) is 0 Å². The Kier molecular flexibility index (Phi) is 7.79. The van der Waals surface area contributed by atoms with Crippen molar-refractivity contribution in [3.8, 4) is 0 Å². The molecule has 4 N–H and O–H groups in total. The molecule has 0 spiro atoms. The van der Waals surface area contributed by atoms with E-state index in [-0.39, 0.29) is 22.3 Å². The van der Waals surface area contributed by atoms with Gasteiger partial charge >= 0.3 is 14.2 Å². The average Bonchev–Trinajstić information content (AvgIpc) is 2.92. The van der Waals surface area contributed by atoms with E-state index in [0.717, 1.165) is 0 Å². The standard InChI is InChI=1S/C26H20B2N2O8/c31-27(32)21-9-1-17(2-10-21)25(18-3-11-22(12-4-18)28(33)34)26(19-5-13-23(14-6-19)29(35)36)20-7-15-24(16-8-20)30(37)38/h1-16,31-34H. The van der Waals surface area contributed by atoms with Gasteiger partial charge in [0.25, 0.3) is 11.4 Å². The van der Waals surface area contributed by atoms with Crippen LogP contribution in [0, 0.1) is 20.2 Å². The summed E-state index contributed by atoms with van der Waals surface area (Å²) in [6.45, 7) is 0. The summed E-state index contributed by atoms with van der Waals surface area (Å²) in [5.74, 6) is 0. The molecule has 0 aliphatic rings. The van der Waals surface area contributed by atoms with Gasteiger partial charge in [0.2, 0.25) is 0 Å². The average molecular weight is 510 g/mol. The van der Waals surface area contributed by atoms with Crippen LogP contribution in [-0.4, -0.2) is 44.2 Å². The van der Waals surface area contributed by atoms with Gasteiger partial charge in [-0.3, -0.25) is 20.2 Å². The molecular formula is C26H20B2N2O8. The zero-order valence-corrected chi connectivity index (χ0v) is 19.7. The van der Waals surface area contributed by atoms with Gasteiger partial charge in [0.1, 0.15) is 0 Å². The molecule has 0 aromatic heterocycles. The summed E-state index contributed by atoms with van der Waals surface area (Å²) in [7, 11) is -3.35. The minimum absolute atomic E-state index is 0.110. The van der Waals surface area contributed by atoms with E-state index in [1.807, 2.05) is 0 Å². The molecule has 4 aromatic carbocycles. The Morgan fingerprint density at radius 2 is 0.711 bits per heavy atom. The summed E-state index contributed by atoms with van der Waals surface area (Å²) in [5.41, 5.74) is 3.95. The second kappa shape index (κ2) is 11.2. The van der Waals surface area contributed by atoms with E-state index < -0.39 is 24.1 Å². The molecule has 0 fully saturated rings. The summed E-state index contributed by atoms with van der Waals surface area (Å²) in [6, 6.07) is 24.6. The van der Waals surface area contributed by atoms with Gasteiger partial charge in [0.15, 0.2) is 0 Å². The van der Waals surface area contributed by atoms with Crippen LogP contribution < -0.4 is 10.9 Å². The molecule has 0 saturated carbocycles. The monoisotopic (exact) mass is 510 g/mol. The van der Waals surface area contributed by atoms with Crippen molar-refractivity contribution in [2.45, 2.75) is 0 Å². The van der Waals surface area contributed by atoms with Crippen molar-refractivity contribution in [2.75, 3.05) is 0 Å².